The fourth-order valence-corrected chi connectivity index (χ4v) is 3.04. The molecule has 0 amide bonds. The average Bonchev–Trinajstić information content (AvgIpc) is 2.49. The van der Waals surface area contributed by atoms with Crippen LogP contribution in [0.25, 0.3) is 0 Å². The maximum atomic E-state index is 6.43. The number of anilines is 1. The fraction of sp³-hybridized carbons (Fsp3) is 0.667. The van der Waals surface area contributed by atoms with Crippen LogP contribution in [-0.4, -0.2) is 42.2 Å². The Balaban J connectivity index is 2.83. The van der Waals surface area contributed by atoms with Crippen LogP contribution in [0.4, 0.5) is 5.69 Å². The standard InChI is InChI=1S/C18H34N2O2Si/c1-18(2,3)23(6,7)22-14-17(20-11-12-21-5)15-9-8-10-16(13-15)19-4/h8-10,13,17,19-20H,11-12,14H2,1-7H3. The Morgan fingerprint density at radius 2 is 1.91 bits per heavy atom. The van der Waals surface area contributed by atoms with Gasteiger partial charge in [0.15, 0.2) is 8.32 Å². The highest BCUT2D eigenvalue weighted by Crippen LogP contribution is 2.37. The molecule has 0 saturated carbocycles. The topological polar surface area (TPSA) is 42.5 Å². The van der Waals surface area contributed by atoms with Crippen LogP contribution in [0.2, 0.25) is 18.1 Å². The van der Waals surface area contributed by atoms with Crippen molar-refractivity contribution in [3.63, 3.8) is 0 Å². The van der Waals surface area contributed by atoms with E-state index in [0.29, 0.717) is 13.2 Å². The second-order valence-electron chi connectivity index (χ2n) is 7.45. The minimum absolute atomic E-state index is 0.174. The molecule has 1 aromatic rings. The summed E-state index contributed by atoms with van der Waals surface area (Å²) in [6.45, 7) is 13.6. The van der Waals surface area contributed by atoms with Crippen molar-refractivity contribution in [2.24, 2.45) is 0 Å². The van der Waals surface area contributed by atoms with Crippen molar-refractivity contribution >= 4 is 14.0 Å². The van der Waals surface area contributed by atoms with Gasteiger partial charge in [-0.1, -0.05) is 32.9 Å². The Hall–Kier alpha value is -0.883. The number of hydrogen-bond acceptors (Lipinski definition) is 4. The molecular formula is C18H34N2O2Si. The second-order valence-corrected chi connectivity index (χ2v) is 12.3. The quantitative estimate of drug-likeness (QED) is 0.527. The van der Waals surface area contributed by atoms with E-state index in [-0.39, 0.29) is 11.1 Å². The molecule has 1 atom stereocenters. The summed E-state index contributed by atoms with van der Waals surface area (Å²) in [5.74, 6) is 0. The molecule has 0 aliphatic rings. The molecule has 4 nitrogen and oxygen atoms in total. The van der Waals surface area contributed by atoms with Gasteiger partial charge in [0.2, 0.25) is 0 Å². The molecule has 5 heteroatoms. The van der Waals surface area contributed by atoms with Gasteiger partial charge in [-0.2, -0.15) is 0 Å². The van der Waals surface area contributed by atoms with Gasteiger partial charge in [0.05, 0.1) is 19.3 Å². The van der Waals surface area contributed by atoms with Gasteiger partial charge in [0.25, 0.3) is 0 Å². The predicted octanol–water partition coefficient (Wildman–Crippen LogP) is 4.03. The molecule has 0 heterocycles. The zero-order valence-corrected chi connectivity index (χ0v) is 16.8. The van der Waals surface area contributed by atoms with E-state index in [9.17, 15) is 0 Å². The molecule has 1 rings (SSSR count). The summed E-state index contributed by atoms with van der Waals surface area (Å²) in [7, 11) is 1.91. The maximum Gasteiger partial charge on any atom is 0.192 e. The molecule has 0 aliphatic carbocycles. The molecule has 1 unspecified atom stereocenters. The van der Waals surface area contributed by atoms with Crippen molar-refractivity contribution in [3.8, 4) is 0 Å². The Morgan fingerprint density at radius 1 is 1.22 bits per heavy atom. The number of nitrogens with one attached hydrogen (secondary N) is 2. The van der Waals surface area contributed by atoms with E-state index in [4.69, 9.17) is 9.16 Å². The maximum absolute atomic E-state index is 6.43. The van der Waals surface area contributed by atoms with Gasteiger partial charge in [0.1, 0.15) is 0 Å². The van der Waals surface area contributed by atoms with Gasteiger partial charge in [-0.15, -0.1) is 0 Å². The van der Waals surface area contributed by atoms with Gasteiger partial charge < -0.3 is 19.8 Å². The molecule has 0 aliphatic heterocycles. The van der Waals surface area contributed by atoms with Crippen LogP contribution in [-0.2, 0) is 9.16 Å². The number of hydrogen-bond donors (Lipinski definition) is 2. The van der Waals surface area contributed by atoms with E-state index >= 15 is 0 Å². The predicted molar refractivity (Wildman–Crippen MR) is 102 cm³/mol. The first-order valence-electron chi connectivity index (χ1n) is 8.35. The SMILES string of the molecule is CNc1cccc(C(CO[Si](C)(C)C(C)(C)C)NCCOC)c1. The van der Waals surface area contributed by atoms with Crippen LogP contribution in [0.3, 0.4) is 0 Å². The van der Waals surface area contributed by atoms with Crippen molar-refractivity contribution in [2.45, 2.75) is 44.9 Å². The molecule has 0 aromatic heterocycles. The van der Waals surface area contributed by atoms with Gasteiger partial charge in [-0.3, -0.25) is 0 Å². The first-order chi connectivity index (χ1) is 10.7. The van der Waals surface area contributed by atoms with E-state index in [1.165, 1.54) is 5.56 Å². The molecule has 0 fully saturated rings. The van der Waals surface area contributed by atoms with Crippen LogP contribution < -0.4 is 10.6 Å². The Kier molecular flexibility index (Phi) is 7.74. The van der Waals surface area contributed by atoms with Crippen LogP contribution in [0.5, 0.6) is 0 Å². The Morgan fingerprint density at radius 3 is 2.48 bits per heavy atom. The highest BCUT2D eigenvalue weighted by molar-refractivity contribution is 6.74. The average molecular weight is 339 g/mol. The van der Waals surface area contributed by atoms with Gasteiger partial charge in [0, 0.05) is 26.4 Å². The van der Waals surface area contributed by atoms with Gasteiger partial charge >= 0.3 is 0 Å². The minimum Gasteiger partial charge on any atom is -0.415 e. The van der Waals surface area contributed by atoms with Gasteiger partial charge in [-0.05, 0) is 35.8 Å². The molecule has 0 bridgehead atoms. The molecule has 0 radical (unpaired) electrons. The normalized spacial score (nSPS) is 13.9. The largest absolute Gasteiger partial charge is 0.415 e. The number of ether oxygens (including phenoxy) is 1. The highest BCUT2D eigenvalue weighted by atomic mass is 28.4. The highest BCUT2D eigenvalue weighted by Gasteiger charge is 2.37. The lowest BCUT2D eigenvalue weighted by Gasteiger charge is -2.37. The summed E-state index contributed by atoms with van der Waals surface area (Å²) in [6, 6.07) is 8.66. The zero-order chi connectivity index (χ0) is 17.5. The van der Waals surface area contributed by atoms with Crippen molar-refractivity contribution in [1.29, 1.82) is 0 Å². The minimum atomic E-state index is -1.76. The lowest BCUT2D eigenvalue weighted by molar-refractivity contribution is 0.185. The summed E-state index contributed by atoms with van der Waals surface area (Å²) >= 11 is 0. The molecule has 23 heavy (non-hydrogen) atoms. The number of rotatable bonds is 9. The molecular weight excluding hydrogens is 304 g/mol. The van der Waals surface area contributed by atoms with Crippen LogP contribution >= 0.6 is 0 Å². The van der Waals surface area contributed by atoms with Crippen molar-refractivity contribution in [2.75, 3.05) is 39.2 Å². The van der Waals surface area contributed by atoms with Gasteiger partial charge in [-0.25, -0.2) is 0 Å². The summed E-state index contributed by atoms with van der Waals surface area (Å²) < 4.78 is 11.6. The number of methoxy groups -OCH3 is 1. The van der Waals surface area contributed by atoms with Crippen LogP contribution in [0.1, 0.15) is 32.4 Å². The van der Waals surface area contributed by atoms with Crippen LogP contribution in [0, 0.1) is 0 Å². The second kappa shape index (κ2) is 8.83. The molecule has 0 spiro atoms. The molecule has 1 aromatic carbocycles. The first kappa shape index (κ1) is 20.2. The summed E-state index contributed by atoms with van der Waals surface area (Å²) in [5, 5.41) is 6.98. The zero-order valence-electron chi connectivity index (χ0n) is 15.8. The molecule has 2 N–H and O–H groups in total. The van der Waals surface area contributed by atoms with Crippen molar-refractivity contribution < 1.29 is 9.16 Å². The lowest BCUT2D eigenvalue weighted by atomic mass is 10.1. The fourth-order valence-electron chi connectivity index (χ4n) is 2.03. The summed E-state index contributed by atoms with van der Waals surface area (Å²) in [4.78, 5) is 0. The van der Waals surface area contributed by atoms with Crippen LogP contribution in [0.15, 0.2) is 24.3 Å². The third-order valence-electron chi connectivity index (χ3n) is 4.69. The third-order valence-corrected chi connectivity index (χ3v) is 9.19. The number of benzene rings is 1. The van der Waals surface area contributed by atoms with E-state index in [1.807, 2.05) is 7.05 Å². The summed E-state index contributed by atoms with van der Waals surface area (Å²) in [6.07, 6.45) is 0. The molecule has 132 valence electrons. The third kappa shape index (κ3) is 6.26. The molecule has 0 saturated heterocycles. The first-order valence-corrected chi connectivity index (χ1v) is 11.3. The lowest BCUT2D eigenvalue weighted by Crippen LogP contribution is -2.43. The Labute approximate surface area is 143 Å². The Bertz CT molecular complexity index is 472. The summed E-state index contributed by atoms with van der Waals surface area (Å²) in [5.41, 5.74) is 2.36. The monoisotopic (exact) mass is 338 g/mol. The van der Waals surface area contributed by atoms with E-state index in [0.717, 1.165) is 12.2 Å². The van der Waals surface area contributed by atoms with Crippen molar-refractivity contribution in [3.05, 3.63) is 29.8 Å². The van der Waals surface area contributed by atoms with E-state index < -0.39 is 8.32 Å². The smallest absolute Gasteiger partial charge is 0.192 e. The van der Waals surface area contributed by atoms with E-state index in [2.05, 4.69) is 68.8 Å². The van der Waals surface area contributed by atoms with Crippen molar-refractivity contribution in [1.82, 2.24) is 5.32 Å². The van der Waals surface area contributed by atoms with E-state index in [1.54, 1.807) is 7.11 Å².